The number of rotatable bonds is 6. The molecule has 26 heavy (non-hydrogen) atoms. The zero-order valence-corrected chi connectivity index (χ0v) is 17.3. The molecule has 1 amide bonds. The molecule has 0 bridgehead atoms. The molecule has 148 valence electrons. The second kappa shape index (κ2) is 11.1. The van der Waals surface area contributed by atoms with E-state index >= 15 is 0 Å². The summed E-state index contributed by atoms with van der Waals surface area (Å²) >= 11 is 0. The second-order valence-electron chi connectivity index (χ2n) is 7.45. The summed E-state index contributed by atoms with van der Waals surface area (Å²) in [6.45, 7) is 5.71. The Hall–Kier alpha value is -0.810. The van der Waals surface area contributed by atoms with Gasteiger partial charge in [-0.3, -0.25) is 9.69 Å². The lowest BCUT2D eigenvalue weighted by Crippen LogP contribution is -2.40. The molecular formula is C20H33Cl2N3O. The number of carbonyl (C=O) groups excluding carboxylic acids is 1. The van der Waals surface area contributed by atoms with Crippen LogP contribution in [0.5, 0.6) is 0 Å². The summed E-state index contributed by atoms with van der Waals surface area (Å²) in [4.78, 5) is 15.1. The highest BCUT2D eigenvalue weighted by molar-refractivity contribution is 5.85. The van der Waals surface area contributed by atoms with E-state index in [2.05, 4.69) is 41.4 Å². The van der Waals surface area contributed by atoms with Crippen molar-refractivity contribution in [2.24, 2.45) is 17.6 Å². The molecule has 0 spiro atoms. The zero-order valence-electron chi connectivity index (χ0n) is 15.7. The average Bonchev–Trinajstić information content (AvgIpc) is 3.27. The summed E-state index contributed by atoms with van der Waals surface area (Å²) in [5.74, 6) is 0.695. The van der Waals surface area contributed by atoms with Crippen LogP contribution in [0, 0.1) is 18.8 Å². The van der Waals surface area contributed by atoms with Gasteiger partial charge in [0.15, 0.2) is 0 Å². The third-order valence-electron chi connectivity index (χ3n) is 5.81. The minimum Gasteiger partial charge on any atom is -0.354 e. The van der Waals surface area contributed by atoms with Gasteiger partial charge in [-0.25, -0.2) is 0 Å². The highest BCUT2D eigenvalue weighted by Gasteiger charge is 2.32. The van der Waals surface area contributed by atoms with Gasteiger partial charge >= 0.3 is 0 Å². The first-order valence-electron chi connectivity index (χ1n) is 9.47. The van der Waals surface area contributed by atoms with Crippen molar-refractivity contribution in [1.29, 1.82) is 0 Å². The van der Waals surface area contributed by atoms with Crippen molar-refractivity contribution in [1.82, 2.24) is 10.2 Å². The first kappa shape index (κ1) is 23.2. The lowest BCUT2D eigenvalue weighted by atomic mass is 9.95. The van der Waals surface area contributed by atoms with Crippen molar-refractivity contribution >= 4 is 30.7 Å². The number of benzene rings is 1. The largest absolute Gasteiger partial charge is 0.354 e. The van der Waals surface area contributed by atoms with E-state index in [0.717, 1.165) is 32.4 Å². The molecule has 1 aromatic rings. The summed E-state index contributed by atoms with van der Waals surface area (Å²) in [6.07, 6.45) is 5.74. The van der Waals surface area contributed by atoms with Crippen LogP contribution in [0.1, 0.15) is 49.3 Å². The van der Waals surface area contributed by atoms with E-state index in [0.29, 0.717) is 19.0 Å². The highest BCUT2D eigenvalue weighted by Crippen LogP contribution is 2.31. The van der Waals surface area contributed by atoms with Gasteiger partial charge in [-0.15, -0.1) is 24.8 Å². The quantitative estimate of drug-likeness (QED) is 0.766. The summed E-state index contributed by atoms with van der Waals surface area (Å²) < 4.78 is 0. The van der Waals surface area contributed by atoms with E-state index in [-0.39, 0.29) is 42.7 Å². The third kappa shape index (κ3) is 5.59. The smallest absolute Gasteiger partial charge is 0.223 e. The molecule has 2 fully saturated rings. The minimum absolute atomic E-state index is 0. The molecule has 1 saturated heterocycles. The molecule has 1 aromatic carbocycles. The van der Waals surface area contributed by atoms with Gasteiger partial charge < -0.3 is 11.1 Å². The lowest BCUT2D eigenvalue weighted by molar-refractivity contribution is -0.126. The fourth-order valence-corrected chi connectivity index (χ4v) is 4.29. The number of likely N-dealkylation sites (tertiary alicyclic amines) is 1. The Balaban J connectivity index is 0.00000169. The van der Waals surface area contributed by atoms with Gasteiger partial charge in [-0.2, -0.15) is 0 Å². The molecule has 2 aliphatic rings. The van der Waals surface area contributed by atoms with Gasteiger partial charge in [0.1, 0.15) is 0 Å². The number of hydrogen-bond acceptors (Lipinski definition) is 3. The van der Waals surface area contributed by atoms with E-state index in [1.807, 2.05) is 0 Å². The number of halogens is 2. The first-order chi connectivity index (χ1) is 11.7. The van der Waals surface area contributed by atoms with Crippen LogP contribution < -0.4 is 11.1 Å². The van der Waals surface area contributed by atoms with Crippen molar-refractivity contribution < 1.29 is 4.79 Å². The molecule has 0 aromatic heterocycles. The molecule has 3 rings (SSSR count). The number of aryl methyl sites for hydroxylation is 1. The molecule has 1 heterocycles. The molecule has 3 atom stereocenters. The van der Waals surface area contributed by atoms with Crippen molar-refractivity contribution in [3.63, 3.8) is 0 Å². The Kier molecular flexibility index (Phi) is 9.94. The normalized spacial score (nSPS) is 23.8. The number of hydrogen-bond donors (Lipinski definition) is 2. The van der Waals surface area contributed by atoms with Crippen LogP contribution in [0.2, 0.25) is 0 Å². The second-order valence-corrected chi connectivity index (χ2v) is 7.45. The van der Waals surface area contributed by atoms with E-state index in [1.54, 1.807) is 0 Å². The molecule has 4 nitrogen and oxygen atoms in total. The fraction of sp³-hybridized carbons (Fsp3) is 0.650. The number of nitrogens with two attached hydrogens (primary N) is 1. The number of carbonyl (C=O) groups is 1. The zero-order chi connectivity index (χ0) is 16.9. The number of nitrogens with one attached hydrogen (secondary N) is 1. The predicted octanol–water partition coefficient (Wildman–Crippen LogP) is 3.47. The minimum atomic E-state index is 0. The molecular weight excluding hydrogens is 369 g/mol. The van der Waals surface area contributed by atoms with E-state index in [4.69, 9.17) is 5.73 Å². The van der Waals surface area contributed by atoms with Crippen molar-refractivity contribution in [3.05, 3.63) is 35.4 Å². The summed E-state index contributed by atoms with van der Waals surface area (Å²) in [7, 11) is 0. The fourth-order valence-electron chi connectivity index (χ4n) is 4.29. The van der Waals surface area contributed by atoms with Crippen molar-refractivity contribution in [2.75, 3.05) is 26.2 Å². The van der Waals surface area contributed by atoms with Crippen molar-refractivity contribution in [3.8, 4) is 0 Å². The van der Waals surface area contributed by atoms with Gasteiger partial charge in [-0.1, -0.05) is 36.2 Å². The third-order valence-corrected chi connectivity index (χ3v) is 5.81. The summed E-state index contributed by atoms with van der Waals surface area (Å²) in [5, 5.41) is 3.24. The molecule has 1 aliphatic carbocycles. The van der Waals surface area contributed by atoms with Gasteiger partial charge in [0.2, 0.25) is 5.91 Å². The molecule has 3 N–H and O–H groups in total. The van der Waals surface area contributed by atoms with E-state index in [1.165, 1.54) is 24.0 Å². The van der Waals surface area contributed by atoms with Crippen LogP contribution in [0.3, 0.4) is 0 Å². The van der Waals surface area contributed by atoms with Crippen LogP contribution >= 0.6 is 24.8 Å². The topological polar surface area (TPSA) is 58.4 Å². The SMILES string of the molecule is Cc1ccc(C(CNC(=O)[C@@H]2CCC[C@@H]2CN)N2CCCC2)cc1.Cl.Cl. The Morgan fingerprint density at radius 2 is 1.81 bits per heavy atom. The maximum absolute atomic E-state index is 12.6. The first-order valence-corrected chi connectivity index (χ1v) is 9.47. The Bertz CT molecular complexity index is 546. The van der Waals surface area contributed by atoms with Gasteiger partial charge in [0.25, 0.3) is 0 Å². The van der Waals surface area contributed by atoms with E-state index in [9.17, 15) is 4.79 Å². The lowest BCUT2D eigenvalue weighted by Gasteiger charge is -2.29. The molecule has 6 heteroatoms. The Morgan fingerprint density at radius 1 is 1.15 bits per heavy atom. The van der Waals surface area contributed by atoms with Crippen LogP contribution in [0.15, 0.2) is 24.3 Å². The summed E-state index contributed by atoms with van der Waals surface area (Å²) in [6, 6.07) is 9.05. The number of amides is 1. The molecule has 1 aliphatic heterocycles. The van der Waals surface area contributed by atoms with E-state index < -0.39 is 0 Å². The standard InChI is InChI=1S/C20H31N3O.2ClH/c1-15-7-9-16(10-8-15)19(23-11-2-3-12-23)14-22-20(24)18-6-4-5-17(18)13-21;;/h7-10,17-19H,2-6,11-14,21H2,1H3,(H,22,24);2*1H/t17-,18-,19?;;/m1../s1. The maximum Gasteiger partial charge on any atom is 0.223 e. The maximum atomic E-state index is 12.6. The van der Waals surface area contributed by atoms with Crippen LogP contribution in [-0.2, 0) is 4.79 Å². The molecule has 1 unspecified atom stereocenters. The average molecular weight is 402 g/mol. The summed E-state index contributed by atoms with van der Waals surface area (Å²) in [5.41, 5.74) is 8.42. The Morgan fingerprint density at radius 3 is 2.42 bits per heavy atom. The molecule has 0 radical (unpaired) electrons. The number of nitrogens with zero attached hydrogens (tertiary/aromatic N) is 1. The highest BCUT2D eigenvalue weighted by atomic mass is 35.5. The Labute approximate surface area is 170 Å². The van der Waals surface area contributed by atoms with Gasteiger partial charge in [0.05, 0.1) is 6.04 Å². The molecule has 1 saturated carbocycles. The van der Waals surface area contributed by atoms with Crippen LogP contribution in [-0.4, -0.2) is 37.0 Å². The van der Waals surface area contributed by atoms with Crippen LogP contribution in [0.4, 0.5) is 0 Å². The van der Waals surface area contributed by atoms with Crippen molar-refractivity contribution in [2.45, 2.75) is 45.1 Å². The van der Waals surface area contributed by atoms with Gasteiger partial charge in [0, 0.05) is 12.5 Å². The van der Waals surface area contributed by atoms with Crippen LogP contribution in [0.25, 0.3) is 0 Å². The van der Waals surface area contributed by atoms with Gasteiger partial charge in [-0.05, 0) is 63.7 Å². The monoisotopic (exact) mass is 401 g/mol. The predicted molar refractivity (Wildman–Crippen MR) is 112 cm³/mol.